The van der Waals surface area contributed by atoms with Gasteiger partial charge < -0.3 is 18.8 Å². The molecule has 1 saturated heterocycles. The molecular weight excluding hydrogens is 433 g/mol. The Morgan fingerprint density at radius 1 is 0.853 bits per heavy atom. The largest absolute Gasteiger partial charge is 0.636 e. The normalized spacial score (nSPS) is 18.4. The molecule has 1 fully saturated rings. The van der Waals surface area contributed by atoms with Crippen LogP contribution in [0.5, 0.6) is 17.2 Å². The Balaban J connectivity index is 1.28. The lowest BCUT2D eigenvalue weighted by Gasteiger charge is -2.22. The van der Waals surface area contributed by atoms with E-state index in [2.05, 4.69) is 6.07 Å². The molecule has 34 heavy (non-hydrogen) atoms. The van der Waals surface area contributed by atoms with Crippen molar-refractivity contribution >= 4 is 24.5 Å². The zero-order valence-corrected chi connectivity index (χ0v) is 18.8. The monoisotopic (exact) mass is 457 g/mol. The summed E-state index contributed by atoms with van der Waals surface area (Å²) in [4.78, 5) is 25.6. The number of nitrogens with zero attached hydrogens (tertiary/aromatic N) is 1. The molecule has 8 heteroatoms. The van der Waals surface area contributed by atoms with Gasteiger partial charge in [0.25, 0.3) is 0 Å². The zero-order chi connectivity index (χ0) is 23.5. The van der Waals surface area contributed by atoms with Crippen LogP contribution in [-0.2, 0) is 25.3 Å². The number of likely N-dealkylation sites (N-methyl/N-ethyl adjacent to an activating group) is 1. The van der Waals surface area contributed by atoms with E-state index >= 15 is 0 Å². The average molecular weight is 457 g/mol. The molecule has 1 atom stereocenters. The number of para-hydroxylation sites is 1. The van der Waals surface area contributed by atoms with E-state index in [1.165, 1.54) is 0 Å². The number of rotatable bonds is 5. The highest BCUT2D eigenvalue weighted by atomic mass is 16.6. The third kappa shape index (κ3) is 4.92. The number of carbonyl (C=O) groups excluding carboxylic acids is 2. The van der Waals surface area contributed by atoms with Gasteiger partial charge in [0.15, 0.2) is 0 Å². The highest BCUT2D eigenvalue weighted by Crippen LogP contribution is 2.40. The molecule has 2 aliphatic rings. The minimum absolute atomic E-state index is 0.0316. The smallest absolute Gasteiger partial charge is 0.494 e. The quantitative estimate of drug-likeness (QED) is 0.545. The van der Waals surface area contributed by atoms with Crippen LogP contribution < -0.4 is 14.9 Å². The van der Waals surface area contributed by atoms with Gasteiger partial charge in [-0.05, 0) is 55.8 Å². The molecule has 5 rings (SSSR count). The molecule has 1 aliphatic carbocycles. The van der Waals surface area contributed by atoms with Gasteiger partial charge in [0.2, 0.25) is 0 Å². The van der Waals surface area contributed by atoms with Gasteiger partial charge >= 0.3 is 19.1 Å². The molecule has 172 valence electrons. The number of carbonyl (C=O) groups is 2. The van der Waals surface area contributed by atoms with Crippen LogP contribution in [-0.4, -0.2) is 44.1 Å². The van der Waals surface area contributed by atoms with Crippen molar-refractivity contribution in [2.24, 2.45) is 0 Å². The zero-order valence-electron chi connectivity index (χ0n) is 18.8. The first-order valence-electron chi connectivity index (χ1n) is 11.2. The van der Waals surface area contributed by atoms with Gasteiger partial charge in [-0.2, -0.15) is 0 Å². The number of hydrogen-bond donors (Lipinski definition) is 0. The van der Waals surface area contributed by atoms with E-state index in [1.807, 2.05) is 42.5 Å². The molecule has 7 nitrogen and oxygen atoms in total. The summed E-state index contributed by atoms with van der Waals surface area (Å²) < 4.78 is 23.0. The van der Waals surface area contributed by atoms with E-state index in [1.54, 1.807) is 36.2 Å². The van der Waals surface area contributed by atoms with E-state index in [0.717, 1.165) is 35.5 Å². The third-order valence-electron chi connectivity index (χ3n) is 5.85. The Hall–Kier alpha value is -3.78. The van der Waals surface area contributed by atoms with Crippen molar-refractivity contribution in [1.82, 2.24) is 4.90 Å². The summed E-state index contributed by atoms with van der Waals surface area (Å²) >= 11 is 0. The summed E-state index contributed by atoms with van der Waals surface area (Å²) in [7, 11) is 0.597. The van der Waals surface area contributed by atoms with Gasteiger partial charge in [-0.1, -0.05) is 42.5 Å². The summed E-state index contributed by atoms with van der Waals surface area (Å²) in [5.74, 6) is 1.44. The minimum atomic E-state index is -1.06. The van der Waals surface area contributed by atoms with Crippen molar-refractivity contribution in [2.75, 3.05) is 20.1 Å². The molecule has 0 N–H and O–H groups in total. The fourth-order valence-electron chi connectivity index (χ4n) is 4.25. The Morgan fingerprint density at radius 3 is 2.26 bits per heavy atom. The van der Waals surface area contributed by atoms with Gasteiger partial charge in [0.05, 0.1) is 13.1 Å². The predicted molar refractivity (Wildman–Crippen MR) is 126 cm³/mol. The lowest BCUT2D eigenvalue weighted by Crippen LogP contribution is -2.47. The number of fused-ring (bicyclic) bond motifs is 1. The maximum Gasteiger partial charge on any atom is 0.636 e. The fraction of sp³-hybridized carbons (Fsp3) is 0.231. The lowest BCUT2D eigenvalue weighted by atomic mass is 9.78. The lowest BCUT2D eigenvalue weighted by molar-refractivity contribution is -0.145. The highest BCUT2D eigenvalue weighted by Gasteiger charge is 2.34. The van der Waals surface area contributed by atoms with Crippen molar-refractivity contribution in [2.45, 2.75) is 18.9 Å². The molecule has 1 aliphatic heterocycles. The van der Waals surface area contributed by atoms with Crippen molar-refractivity contribution in [3.05, 3.63) is 83.9 Å². The summed E-state index contributed by atoms with van der Waals surface area (Å²) in [5.41, 5.74) is 2.85. The molecule has 0 unspecified atom stereocenters. The molecule has 0 aromatic heterocycles. The first-order chi connectivity index (χ1) is 16.5. The van der Waals surface area contributed by atoms with E-state index in [-0.39, 0.29) is 19.2 Å². The average Bonchev–Trinajstić information content (AvgIpc) is 3.22. The van der Waals surface area contributed by atoms with E-state index in [0.29, 0.717) is 11.2 Å². The molecule has 3 aromatic carbocycles. The summed E-state index contributed by atoms with van der Waals surface area (Å²) in [6.07, 6.45) is 1.62. The highest BCUT2D eigenvalue weighted by molar-refractivity contribution is 6.64. The van der Waals surface area contributed by atoms with Crippen LogP contribution in [0.25, 0.3) is 0 Å². The van der Waals surface area contributed by atoms with Crippen LogP contribution in [0, 0.1) is 0 Å². The van der Waals surface area contributed by atoms with Crippen LogP contribution in [0.3, 0.4) is 0 Å². The number of ether oxygens (including phenoxy) is 2. The van der Waals surface area contributed by atoms with E-state index in [4.69, 9.17) is 18.8 Å². The Labute approximate surface area is 198 Å². The summed E-state index contributed by atoms with van der Waals surface area (Å²) in [5, 5.41) is 0. The second-order valence-corrected chi connectivity index (χ2v) is 8.44. The van der Waals surface area contributed by atoms with Crippen LogP contribution in [0.1, 0.15) is 23.7 Å². The van der Waals surface area contributed by atoms with Gasteiger partial charge in [0.1, 0.15) is 23.4 Å². The molecule has 0 bridgehead atoms. The molecule has 0 amide bonds. The van der Waals surface area contributed by atoms with Crippen molar-refractivity contribution in [1.29, 1.82) is 0 Å². The Bertz CT molecular complexity index is 1160. The molecule has 1 heterocycles. The molecule has 0 saturated carbocycles. The number of benzene rings is 3. The van der Waals surface area contributed by atoms with Gasteiger partial charge in [-0.15, -0.1) is 0 Å². The topological polar surface area (TPSA) is 74.3 Å². The summed E-state index contributed by atoms with van der Waals surface area (Å²) in [6, 6.07) is 22.9. The second kappa shape index (κ2) is 9.61. The van der Waals surface area contributed by atoms with Crippen LogP contribution in [0.2, 0.25) is 0 Å². The van der Waals surface area contributed by atoms with Gasteiger partial charge in [0, 0.05) is 11.0 Å². The van der Waals surface area contributed by atoms with Crippen LogP contribution >= 0.6 is 0 Å². The van der Waals surface area contributed by atoms with Gasteiger partial charge in [-0.25, -0.2) is 0 Å². The third-order valence-corrected chi connectivity index (χ3v) is 5.85. The molecule has 3 aromatic rings. The SMILES string of the molecule is CN1CC(=O)OB(c2ccc(O[C@@H]3CCc4c(Oc5ccccc5)cccc43)cc2)OC(=O)C1. The van der Waals surface area contributed by atoms with E-state index in [9.17, 15) is 9.59 Å². The Kier molecular flexibility index (Phi) is 6.23. The maximum absolute atomic E-state index is 12.0. The maximum atomic E-state index is 12.0. The van der Waals surface area contributed by atoms with Crippen molar-refractivity contribution in [3.8, 4) is 17.2 Å². The molecule has 0 radical (unpaired) electrons. The number of hydrogen-bond acceptors (Lipinski definition) is 7. The first kappa shape index (κ1) is 22.0. The fourth-order valence-corrected chi connectivity index (χ4v) is 4.25. The van der Waals surface area contributed by atoms with Crippen molar-refractivity contribution in [3.63, 3.8) is 0 Å². The van der Waals surface area contributed by atoms with Crippen LogP contribution in [0.15, 0.2) is 72.8 Å². The molecular formula is C26H24BNO6. The Morgan fingerprint density at radius 2 is 1.56 bits per heavy atom. The van der Waals surface area contributed by atoms with Crippen molar-refractivity contribution < 1.29 is 28.4 Å². The molecule has 0 spiro atoms. The van der Waals surface area contributed by atoms with Crippen LogP contribution in [0.4, 0.5) is 0 Å². The second-order valence-electron chi connectivity index (χ2n) is 8.44. The summed E-state index contributed by atoms with van der Waals surface area (Å²) in [6.45, 7) is 0.0632. The standard InChI is InChI=1S/C26H24BNO6/c1-28-16-25(29)33-27(34-26(30)17-28)18-10-12-20(13-11-18)32-24-15-14-22-21(24)8-5-9-23(22)31-19-6-3-2-4-7-19/h2-13,24H,14-17H2,1H3/t24-/m1/s1. The predicted octanol–water partition coefficient (Wildman–Crippen LogP) is 3.27. The first-order valence-corrected chi connectivity index (χ1v) is 11.2. The van der Waals surface area contributed by atoms with E-state index < -0.39 is 19.1 Å². The minimum Gasteiger partial charge on any atom is -0.494 e. The van der Waals surface area contributed by atoms with Gasteiger partial charge in [-0.3, -0.25) is 14.5 Å².